The summed E-state index contributed by atoms with van der Waals surface area (Å²) in [6.45, 7) is 9.34. The molecule has 0 radical (unpaired) electrons. The van der Waals surface area contributed by atoms with Gasteiger partial charge in [-0.2, -0.15) is 5.10 Å². The average molecular weight is 401 g/mol. The van der Waals surface area contributed by atoms with E-state index in [1.807, 2.05) is 49.4 Å². The molecule has 1 saturated carbocycles. The van der Waals surface area contributed by atoms with Crippen LogP contribution in [0.1, 0.15) is 72.4 Å². The summed E-state index contributed by atoms with van der Waals surface area (Å²) in [7, 11) is 0. The van der Waals surface area contributed by atoms with Gasteiger partial charge < -0.3 is 4.74 Å². The summed E-state index contributed by atoms with van der Waals surface area (Å²) in [6.07, 6.45) is 2.33. The molecule has 2 aliphatic rings. The van der Waals surface area contributed by atoms with E-state index in [1.54, 1.807) is 0 Å². The Kier molecular flexibility index (Phi) is 4.18. The van der Waals surface area contributed by atoms with Crippen LogP contribution in [0.25, 0.3) is 5.69 Å². The lowest BCUT2D eigenvalue weighted by Gasteiger charge is -2.35. The molecular weight excluding hydrogens is 372 g/mol. The first-order valence-electron chi connectivity index (χ1n) is 10.7. The Bertz CT molecular complexity index is 1110. The van der Waals surface area contributed by atoms with E-state index in [0.717, 1.165) is 23.4 Å². The molecule has 2 aliphatic carbocycles. The number of aryl methyl sites for hydroxylation is 1. The first kappa shape index (κ1) is 19.1. The molecule has 2 atom stereocenters. The van der Waals surface area contributed by atoms with Gasteiger partial charge in [-0.25, -0.2) is 9.48 Å². The number of carbonyl (C=O) groups excluding carboxylic acids is 1. The quantitative estimate of drug-likeness (QED) is 0.527. The Hall–Kier alpha value is -2.88. The summed E-state index contributed by atoms with van der Waals surface area (Å²) in [5.41, 5.74) is 6.49. The molecule has 0 N–H and O–H groups in total. The van der Waals surface area contributed by atoms with Crippen LogP contribution in [-0.2, 0) is 16.8 Å². The van der Waals surface area contributed by atoms with Crippen molar-refractivity contribution in [2.24, 2.45) is 5.41 Å². The van der Waals surface area contributed by atoms with Gasteiger partial charge in [0, 0.05) is 11.0 Å². The fourth-order valence-electron chi connectivity index (χ4n) is 5.57. The second-order valence-electron chi connectivity index (χ2n) is 9.54. The van der Waals surface area contributed by atoms with E-state index in [9.17, 15) is 4.79 Å². The zero-order chi connectivity index (χ0) is 21.1. The summed E-state index contributed by atoms with van der Waals surface area (Å²) in [4.78, 5) is 12.6. The van der Waals surface area contributed by atoms with E-state index < -0.39 is 0 Å². The largest absolute Gasteiger partial charge is 0.455 e. The van der Waals surface area contributed by atoms with Crippen molar-refractivity contribution < 1.29 is 9.53 Å². The number of nitrogens with zero attached hydrogens (tertiary/aromatic N) is 2. The van der Waals surface area contributed by atoms with Crippen LogP contribution in [-0.4, -0.2) is 15.7 Å². The number of esters is 1. The lowest BCUT2D eigenvalue weighted by Crippen LogP contribution is -2.33. The smallest absolute Gasteiger partial charge is 0.338 e. The fourth-order valence-corrected chi connectivity index (χ4v) is 5.57. The van der Waals surface area contributed by atoms with E-state index in [0.29, 0.717) is 11.5 Å². The van der Waals surface area contributed by atoms with Crippen molar-refractivity contribution in [1.82, 2.24) is 9.78 Å². The molecule has 154 valence electrons. The highest BCUT2D eigenvalue weighted by Gasteiger charge is 2.62. The van der Waals surface area contributed by atoms with Gasteiger partial charge in [-0.1, -0.05) is 56.7 Å². The average Bonchev–Trinajstić information content (AvgIpc) is 3.29. The zero-order valence-corrected chi connectivity index (χ0v) is 18.1. The molecule has 2 bridgehead atoms. The Morgan fingerprint density at radius 2 is 1.80 bits per heavy atom. The number of para-hydroxylation sites is 1. The number of carbonyl (C=O) groups is 1. The highest BCUT2D eigenvalue weighted by Crippen LogP contribution is 2.68. The summed E-state index contributed by atoms with van der Waals surface area (Å²) in [5, 5.41) is 4.97. The molecule has 5 rings (SSSR count). The van der Waals surface area contributed by atoms with Gasteiger partial charge in [0.2, 0.25) is 0 Å². The molecule has 0 spiro atoms. The van der Waals surface area contributed by atoms with Crippen molar-refractivity contribution in [3.63, 3.8) is 0 Å². The Balaban J connectivity index is 1.53. The highest BCUT2D eigenvalue weighted by atomic mass is 16.5. The number of aromatic nitrogens is 2. The summed E-state index contributed by atoms with van der Waals surface area (Å²) >= 11 is 0. The van der Waals surface area contributed by atoms with E-state index in [1.165, 1.54) is 17.7 Å². The number of hydrogen-bond donors (Lipinski definition) is 0. The normalized spacial score (nSPS) is 23.4. The predicted octanol–water partition coefficient (Wildman–Crippen LogP) is 5.71. The van der Waals surface area contributed by atoms with Gasteiger partial charge in [-0.3, -0.25) is 0 Å². The highest BCUT2D eigenvalue weighted by molar-refractivity contribution is 5.89. The van der Waals surface area contributed by atoms with Gasteiger partial charge in [0.15, 0.2) is 0 Å². The maximum absolute atomic E-state index is 12.6. The summed E-state index contributed by atoms with van der Waals surface area (Å²) in [5.74, 6) is 0.148. The zero-order valence-electron chi connectivity index (χ0n) is 18.1. The monoisotopic (exact) mass is 400 g/mol. The van der Waals surface area contributed by atoms with Gasteiger partial charge in [-0.05, 0) is 55.4 Å². The van der Waals surface area contributed by atoms with Crippen molar-refractivity contribution >= 4 is 5.97 Å². The van der Waals surface area contributed by atoms with E-state index in [4.69, 9.17) is 9.84 Å². The van der Waals surface area contributed by atoms with Gasteiger partial charge >= 0.3 is 5.97 Å². The molecule has 1 fully saturated rings. The molecule has 0 unspecified atom stereocenters. The Labute approximate surface area is 177 Å². The third-order valence-electron chi connectivity index (χ3n) is 7.72. The minimum atomic E-state index is -0.299. The SMILES string of the molecule is Cc1ccc(C(=O)OCc2nn(-c3ccccc3)c3c2[C@H]2CC[C@@]3(C)C2(C)C)cc1. The first-order valence-corrected chi connectivity index (χ1v) is 10.7. The molecule has 1 aromatic heterocycles. The molecule has 4 heteroatoms. The van der Waals surface area contributed by atoms with Crippen molar-refractivity contribution in [2.75, 3.05) is 0 Å². The molecule has 4 nitrogen and oxygen atoms in total. The number of ether oxygens (including phenoxy) is 1. The van der Waals surface area contributed by atoms with Gasteiger partial charge in [0.25, 0.3) is 0 Å². The molecule has 0 aliphatic heterocycles. The number of hydrogen-bond acceptors (Lipinski definition) is 3. The third-order valence-corrected chi connectivity index (χ3v) is 7.72. The molecule has 3 aromatic rings. The maximum Gasteiger partial charge on any atom is 0.338 e. The lowest BCUT2D eigenvalue weighted by atomic mass is 9.70. The van der Waals surface area contributed by atoms with Crippen LogP contribution in [0.3, 0.4) is 0 Å². The molecule has 30 heavy (non-hydrogen) atoms. The predicted molar refractivity (Wildman–Crippen MR) is 117 cm³/mol. The fraction of sp³-hybridized carbons (Fsp3) is 0.385. The molecule has 0 amide bonds. The number of fused-ring (bicyclic) bond motifs is 5. The van der Waals surface area contributed by atoms with Crippen LogP contribution in [0.2, 0.25) is 0 Å². The summed E-state index contributed by atoms with van der Waals surface area (Å²) < 4.78 is 7.82. The minimum Gasteiger partial charge on any atom is -0.455 e. The van der Waals surface area contributed by atoms with Gasteiger partial charge in [-0.15, -0.1) is 0 Å². The van der Waals surface area contributed by atoms with Crippen LogP contribution in [0.15, 0.2) is 54.6 Å². The lowest BCUT2D eigenvalue weighted by molar-refractivity contribution is 0.0465. The Morgan fingerprint density at radius 3 is 2.50 bits per heavy atom. The second kappa shape index (κ2) is 6.56. The first-order chi connectivity index (χ1) is 14.3. The van der Waals surface area contributed by atoms with Crippen LogP contribution in [0.5, 0.6) is 0 Å². The van der Waals surface area contributed by atoms with Crippen LogP contribution < -0.4 is 0 Å². The third kappa shape index (κ3) is 2.59. The molecule has 0 saturated heterocycles. The van der Waals surface area contributed by atoms with Crippen LogP contribution in [0.4, 0.5) is 0 Å². The van der Waals surface area contributed by atoms with E-state index >= 15 is 0 Å². The molecule has 2 aromatic carbocycles. The maximum atomic E-state index is 12.6. The summed E-state index contributed by atoms with van der Waals surface area (Å²) in [6, 6.07) is 17.8. The Morgan fingerprint density at radius 1 is 1.10 bits per heavy atom. The number of benzene rings is 2. The van der Waals surface area contributed by atoms with Crippen molar-refractivity contribution in [3.8, 4) is 5.69 Å². The van der Waals surface area contributed by atoms with Crippen LogP contribution >= 0.6 is 0 Å². The van der Waals surface area contributed by atoms with E-state index in [-0.39, 0.29) is 23.4 Å². The standard InChI is InChI=1S/C26H28N2O2/c1-17-10-12-18(13-11-17)24(29)30-16-21-22-20-14-15-26(4,25(20,2)3)23(22)28(27-21)19-8-6-5-7-9-19/h5-13,20H,14-16H2,1-4H3/t20-,26-/m1/s1. The number of rotatable bonds is 4. The second-order valence-corrected chi connectivity index (χ2v) is 9.54. The minimum absolute atomic E-state index is 0.0645. The van der Waals surface area contributed by atoms with Crippen molar-refractivity contribution in [2.45, 2.75) is 58.5 Å². The topological polar surface area (TPSA) is 44.1 Å². The van der Waals surface area contributed by atoms with E-state index in [2.05, 4.69) is 37.6 Å². The molecular formula is C26H28N2O2. The van der Waals surface area contributed by atoms with Crippen molar-refractivity contribution in [3.05, 3.63) is 82.7 Å². The van der Waals surface area contributed by atoms with Gasteiger partial charge in [0.05, 0.1) is 16.9 Å². The van der Waals surface area contributed by atoms with Gasteiger partial charge in [0.1, 0.15) is 12.3 Å². The van der Waals surface area contributed by atoms with Crippen LogP contribution in [0, 0.1) is 12.3 Å². The molecule has 1 heterocycles. The van der Waals surface area contributed by atoms with Crippen molar-refractivity contribution in [1.29, 1.82) is 0 Å².